The molecule has 0 amide bonds. The number of hydrogen-bond donors (Lipinski definition) is 1. The largest absolute Gasteiger partial charge is 0.493 e. The van der Waals surface area contributed by atoms with Gasteiger partial charge in [0.05, 0.1) is 26.5 Å². The first-order chi connectivity index (χ1) is 14.4. The van der Waals surface area contributed by atoms with Crippen LogP contribution < -0.4 is 15.0 Å². The van der Waals surface area contributed by atoms with Gasteiger partial charge in [0.1, 0.15) is 5.56 Å². The van der Waals surface area contributed by atoms with Gasteiger partial charge in [-0.1, -0.05) is 35.9 Å². The zero-order chi connectivity index (χ0) is 21.7. The molecule has 0 aliphatic rings. The summed E-state index contributed by atoms with van der Waals surface area (Å²) in [4.78, 5) is 24.1. The lowest BCUT2D eigenvalue weighted by Gasteiger charge is -2.11. The van der Waals surface area contributed by atoms with E-state index in [9.17, 15) is 14.7 Å². The second kappa shape index (κ2) is 9.28. The van der Waals surface area contributed by atoms with Gasteiger partial charge in [0, 0.05) is 10.6 Å². The van der Waals surface area contributed by atoms with Gasteiger partial charge < -0.3 is 14.6 Å². The van der Waals surface area contributed by atoms with E-state index in [4.69, 9.17) is 21.1 Å². The Morgan fingerprint density at radius 1 is 1.10 bits per heavy atom. The van der Waals surface area contributed by atoms with Crippen LogP contribution in [0.2, 0.25) is 5.02 Å². The van der Waals surface area contributed by atoms with Crippen LogP contribution >= 0.6 is 11.6 Å². The Kier molecular flexibility index (Phi) is 6.54. The van der Waals surface area contributed by atoms with Crippen LogP contribution in [0.4, 0.5) is 0 Å². The molecule has 0 aliphatic heterocycles. The van der Waals surface area contributed by atoms with Gasteiger partial charge in [0.15, 0.2) is 11.5 Å². The van der Waals surface area contributed by atoms with Crippen molar-refractivity contribution in [3.63, 3.8) is 0 Å². The number of carbonyl (C=O) groups is 1. The smallest absolute Gasteiger partial charge is 0.341 e. The van der Waals surface area contributed by atoms with Crippen molar-refractivity contribution in [3.8, 4) is 22.8 Å². The fourth-order valence-corrected chi connectivity index (χ4v) is 2.94. The average Bonchev–Trinajstić information content (AvgIpc) is 2.75. The summed E-state index contributed by atoms with van der Waals surface area (Å²) < 4.78 is 11.6. The molecule has 1 aromatic heterocycles. The van der Waals surface area contributed by atoms with Crippen molar-refractivity contribution >= 4 is 23.6 Å². The molecule has 0 radical (unpaired) electrons. The minimum Gasteiger partial charge on any atom is -0.493 e. The first kappa shape index (κ1) is 21.1. The van der Waals surface area contributed by atoms with E-state index in [0.717, 1.165) is 10.2 Å². The molecular weight excluding hydrogens is 408 g/mol. The highest BCUT2D eigenvalue weighted by Crippen LogP contribution is 2.31. The van der Waals surface area contributed by atoms with Crippen LogP contribution in [0, 0.1) is 0 Å². The first-order valence-corrected chi connectivity index (χ1v) is 9.30. The molecule has 1 N–H and O–H groups in total. The minimum atomic E-state index is -1.32. The normalized spacial score (nSPS) is 10.9. The topological polar surface area (TPSA) is 90.7 Å². The number of benzene rings is 2. The second-order valence-corrected chi connectivity index (χ2v) is 6.70. The molecule has 0 bridgehead atoms. The summed E-state index contributed by atoms with van der Waals surface area (Å²) >= 11 is 5.87. The summed E-state index contributed by atoms with van der Waals surface area (Å²) in [6.07, 6.45) is 3.52. The molecule has 0 saturated heterocycles. The lowest BCUT2D eigenvalue weighted by atomic mass is 10.1. The first-order valence-electron chi connectivity index (χ1n) is 8.93. The van der Waals surface area contributed by atoms with E-state index < -0.39 is 11.5 Å². The van der Waals surface area contributed by atoms with Gasteiger partial charge in [-0.25, -0.2) is 9.48 Å². The van der Waals surface area contributed by atoms with Crippen LogP contribution in [0.3, 0.4) is 0 Å². The van der Waals surface area contributed by atoms with Crippen molar-refractivity contribution in [2.24, 2.45) is 0 Å². The molecule has 3 aromatic rings. The van der Waals surface area contributed by atoms with E-state index in [-0.39, 0.29) is 12.1 Å². The van der Waals surface area contributed by atoms with Crippen LogP contribution in [0.1, 0.15) is 15.9 Å². The Labute approximate surface area is 177 Å². The highest BCUT2D eigenvalue weighted by Gasteiger charge is 2.16. The lowest BCUT2D eigenvalue weighted by Crippen LogP contribution is -2.28. The molecule has 1 heterocycles. The molecule has 3 rings (SSSR count). The number of ether oxygens (including phenoxy) is 2. The van der Waals surface area contributed by atoms with Crippen molar-refractivity contribution in [2.75, 3.05) is 14.2 Å². The van der Waals surface area contributed by atoms with Crippen molar-refractivity contribution in [1.29, 1.82) is 0 Å². The number of aromatic carboxylic acids is 1. The number of allylic oxidation sites excluding steroid dienone is 1. The van der Waals surface area contributed by atoms with Crippen LogP contribution in [0.15, 0.2) is 59.4 Å². The van der Waals surface area contributed by atoms with Crippen LogP contribution in [0.25, 0.3) is 17.3 Å². The number of hydrogen-bond acceptors (Lipinski definition) is 5. The molecule has 0 unspecified atom stereocenters. The summed E-state index contributed by atoms with van der Waals surface area (Å²) in [7, 11) is 3.02. The van der Waals surface area contributed by atoms with Gasteiger partial charge in [0.25, 0.3) is 5.56 Å². The van der Waals surface area contributed by atoms with Crippen LogP contribution in [0.5, 0.6) is 11.5 Å². The number of methoxy groups -OCH3 is 2. The Balaban J connectivity index is 1.99. The number of nitrogens with zero attached hydrogens (tertiary/aromatic N) is 2. The maximum absolute atomic E-state index is 12.5. The zero-order valence-electron chi connectivity index (χ0n) is 16.3. The van der Waals surface area contributed by atoms with Gasteiger partial charge in [0.2, 0.25) is 0 Å². The molecule has 7 nitrogen and oxygen atoms in total. The number of aromatic nitrogens is 2. The highest BCUT2D eigenvalue weighted by molar-refractivity contribution is 6.30. The highest BCUT2D eigenvalue weighted by atomic mass is 35.5. The fraction of sp³-hybridized carbons (Fsp3) is 0.136. The quantitative estimate of drug-likeness (QED) is 0.614. The van der Waals surface area contributed by atoms with Crippen molar-refractivity contribution in [2.45, 2.75) is 6.54 Å². The third kappa shape index (κ3) is 4.69. The van der Waals surface area contributed by atoms with Crippen molar-refractivity contribution in [3.05, 3.63) is 81.1 Å². The minimum absolute atomic E-state index is 0.100. The standard InChI is InChI=1S/C22H19ClN2O5/c1-29-19-10-7-15(12-20(19)30-2)18-13-17(22(27)28)21(26)25(24-18)11-3-4-14-5-8-16(23)9-6-14/h3-10,12-13H,11H2,1-2H3,(H,27,28)/b4-3+. The van der Waals surface area contributed by atoms with Gasteiger partial charge in [-0.3, -0.25) is 4.79 Å². The summed E-state index contributed by atoms with van der Waals surface area (Å²) in [5.74, 6) is -0.326. The third-order valence-corrected chi connectivity index (χ3v) is 4.59. The van der Waals surface area contributed by atoms with E-state index in [1.807, 2.05) is 12.1 Å². The van der Waals surface area contributed by atoms with Gasteiger partial charge in [-0.05, 0) is 42.0 Å². The predicted molar refractivity (Wildman–Crippen MR) is 114 cm³/mol. The van der Waals surface area contributed by atoms with E-state index in [2.05, 4.69) is 5.10 Å². The van der Waals surface area contributed by atoms with Gasteiger partial charge in [-0.2, -0.15) is 5.10 Å². The summed E-state index contributed by atoms with van der Waals surface area (Å²) in [6.45, 7) is 0.100. The van der Waals surface area contributed by atoms with Crippen LogP contribution in [-0.2, 0) is 6.54 Å². The molecular formula is C22H19ClN2O5. The second-order valence-electron chi connectivity index (χ2n) is 6.26. The molecule has 0 spiro atoms. The van der Waals surface area contributed by atoms with Crippen molar-refractivity contribution < 1.29 is 19.4 Å². The molecule has 0 atom stereocenters. The van der Waals surface area contributed by atoms with Gasteiger partial charge >= 0.3 is 5.97 Å². The maximum atomic E-state index is 12.5. The van der Waals surface area contributed by atoms with E-state index >= 15 is 0 Å². The molecule has 30 heavy (non-hydrogen) atoms. The summed E-state index contributed by atoms with van der Waals surface area (Å²) in [6, 6.07) is 13.5. The SMILES string of the molecule is COc1ccc(-c2cc(C(=O)O)c(=O)n(C/C=C/c3ccc(Cl)cc3)n2)cc1OC. The fourth-order valence-electron chi connectivity index (χ4n) is 2.82. The Bertz CT molecular complexity index is 1150. The average molecular weight is 427 g/mol. The number of rotatable bonds is 7. The summed E-state index contributed by atoms with van der Waals surface area (Å²) in [5, 5.41) is 14.4. The third-order valence-electron chi connectivity index (χ3n) is 4.34. The Morgan fingerprint density at radius 2 is 1.80 bits per heavy atom. The molecule has 0 fully saturated rings. The molecule has 0 aliphatic carbocycles. The Hall–Kier alpha value is -3.58. The van der Waals surface area contributed by atoms with E-state index in [1.165, 1.54) is 20.3 Å². The molecule has 2 aromatic carbocycles. The van der Waals surface area contributed by atoms with Crippen LogP contribution in [-0.4, -0.2) is 35.1 Å². The number of carboxylic acids is 1. The Morgan fingerprint density at radius 3 is 2.43 bits per heavy atom. The zero-order valence-corrected chi connectivity index (χ0v) is 17.1. The molecule has 0 saturated carbocycles. The lowest BCUT2D eigenvalue weighted by molar-refractivity contribution is 0.0694. The number of carboxylic acid groups (broad SMARTS) is 1. The molecule has 8 heteroatoms. The molecule has 154 valence electrons. The maximum Gasteiger partial charge on any atom is 0.341 e. The summed E-state index contributed by atoms with van der Waals surface area (Å²) in [5.41, 5.74) is 0.752. The number of halogens is 1. The van der Waals surface area contributed by atoms with E-state index in [0.29, 0.717) is 27.8 Å². The monoisotopic (exact) mass is 426 g/mol. The predicted octanol–water partition coefficient (Wildman–Crippen LogP) is 3.99. The van der Waals surface area contributed by atoms with E-state index in [1.54, 1.807) is 42.5 Å². The van der Waals surface area contributed by atoms with Crippen molar-refractivity contribution in [1.82, 2.24) is 9.78 Å². The van der Waals surface area contributed by atoms with Gasteiger partial charge in [-0.15, -0.1) is 0 Å².